The Hall–Kier alpha value is -3.80. The molecule has 1 saturated heterocycles. The maximum absolute atomic E-state index is 15.9. The van der Waals surface area contributed by atoms with E-state index >= 15 is 4.39 Å². The molecule has 0 bridgehead atoms. The van der Waals surface area contributed by atoms with Crippen molar-refractivity contribution in [3.05, 3.63) is 99.8 Å². The lowest BCUT2D eigenvalue weighted by atomic mass is 9.65. The predicted octanol–water partition coefficient (Wildman–Crippen LogP) is 6.32. The van der Waals surface area contributed by atoms with Crippen LogP contribution >= 0.6 is 11.6 Å². The first-order chi connectivity index (χ1) is 18.4. The Morgan fingerprint density at radius 2 is 1.87 bits per heavy atom. The number of hydrogen-bond acceptors (Lipinski definition) is 6. The number of aromatic nitrogens is 2. The summed E-state index contributed by atoms with van der Waals surface area (Å²) in [5.74, 6) is -0.768. The van der Waals surface area contributed by atoms with E-state index in [1.807, 2.05) is 49.4 Å². The number of hydrogen-bond donors (Lipinski definition) is 1. The molecule has 1 aromatic heterocycles. The van der Waals surface area contributed by atoms with Gasteiger partial charge in [0, 0.05) is 23.5 Å². The molecule has 2 atom stereocenters. The SMILES string of the molecule is CC[C@@](CF)(c1cccc(-c2nnc(N)o2)c1F)C1CN([C@@H](c2ccc(Cl)cc2)c2cccc(C#N)c2)C1. The Kier molecular flexibility index (Phi) is 7.15. The molecular formula is C29H26ClF2N5O. The number of nitriles is 1. The Morgan fingerprint density at radius 1 is 1.13 bits per heavy atom. The Balaban J connectivity index is 1.49. The number of nitrogens with two attached hydrogens (primary N) is 1. The highest BCUT2D eigenvalue weighted by atomic mass is 35.5. The minimum atomic E-state index is -1.04. The van der Waals surface area contributed by atoms with Crippen LogP contribution in [0, 0.1) is 23.1 Å². The highest BCUT2D eigenvalue weighted by molar-refractivity contribution is 6.30. The lowest BCUT2D eigenvalue weighted by molar-refractivity contribution is 0.00203. The number of alkyl halides is 1. The normalized spacial score (nSPS) is 16.4. The zero-order valence-corrected chi connectivity index (χ0v) is 21.5. The summed E-state index contributed by atoms with van der Waals surface area (Å²) in [6, 6.07) is 21.8. The van der Waals surface area contributed by atoms with Gasteiger partial charge in [0.25, 0.3) is 5.89 Å². The van der Waals surface area contributed by atoms with Crippen LogP contribution in [0.2, 0.25) is 5.02 Å². The van der Waals surface area contributed by atoms with Gasteiger partial charge in [-0.25, -0.2) is 4.39 Å². The van der Waals surface area contributed by atoms with Crippen LogP contribution in [0.4, 0.5) is 14.8 Å². The van der Waals surface area contributed by atoms with Gasteiger partial charge >= 0.3 is 6.01 Å². The van der Waals surface area contributed by atoms with E-state index in [0.717, 1.165) is 11.1 Å². The molecule has 0 unspecified atom stereocenters. The van der Waals surface area contributed by atoms with Crippen LogP contribution in [0.15, 0.2) is 71.1 Å². The molecule has 6 nitrogen and oxygen atoms in total. The molecular weight excluding hydrogens is 508 g/mol. The molecule has 0 spiro atoms. The summed E-state index contributed by atoms with van der Waals surface area (Å²) < 4.78 is 36.1. The van der Waals surface area contributed by atoms with Crippen molar-refractivity contribution >= 4 is 17.6 Å². The van der Waals surface area contributed by atoms with Crippen molar-refractivity contribution in [1.82, 2.24) is 15.1 Å². The molecule has 2 N–H and O–H groups in total. The lowest BCUT2D eigenvalue weighted by Gasteiger charge is -2.52. The third-order valence-corrected chi connectivity index (χ3v) is 7.90. The minimum Gasteiger partial charge on any atom is -0.403 e. The van der Waals surface area contributed by atoms with E-state index in [1.165, 1.54) is 6.07 Å². The highest BCUT2D eigenvalue weighted by Gasteiger charge is 2.49. The number of halogens is 3. The molecule has 1 aliphatic rings. The van der Waals surface area contributed by atoms with E-state index < -0.39 is 17.9 Å². The van der Waals surface area contributed by atoms with Crippen molar-refractivity contribution in [2.75, 3.05) is 25.5 Å². The first-order valence-electron chi connectivity index (χ1n) is 12.3. The summed E-state index contributed by atoms with van der Waals surface area (Å²) in [7, 11) is 0. The van der Waals surface area contributed by atoms with Crippen LogP contribution in [0.5, 0.6) is 0 Å². The molecule has 0 amide bonds. The summed E-state index contributed by atoms with van der Waals surface area (Å²) >= 11 is 6.14. The predicted molar refractivity (Wildman–Crippen MR) is 142 cm³/mol. The topological polar surface area (TPSA) is 92.0 Å². The van der Waals surface area contributed by atoms with Crippen molar-refractivity contribution in [3.63, 3.8) is 0 Å². The zero-order valence-electron chi connectivity index (χ0n) is 20.7. The van der Waals surface area contributed by atoms with Gasteiger partial charge in [0.05, 0.1) is 29.9 Å². The van der Waals surface area contributed by atoms with Crippen molar-refractivity contribution in [3.8, 4) is 17.5 Å². The van der Waals surface area contributed by atoms with Crippen molar-refractivity contribution in [1.29, 1.82) is 5.26 Å². The maximum Gasteiger partial charge on any atom is 0.313 e. The molecule has 2 heterocycles. The summed E-state index contributed by atoms with van der Waals surface area (Å²) in [4.78, 5) is 2.23. The fraction of sp³-hybridized carbons (Fsp3) is 0.276. The van der Waals surface area contributed by atoms with E-state index in [9.17, 15) is 9.65 Å². The molecule has 3 aromatic carbocycles. The first-order valence-corrected chi connectivity index (χ1v) is 12.7. The van der Waals surface area contributed by atoms with Gasteiger partial charge in [0.1, 0.15) is 5.82 Å². The van der Waals surface area contributed by atoms with Crippen LogP contribution < -0.4 is 5.73 Å². The third kappa shape index (κ3) is 4.53. The molecule has 0 radical (unpaired) electrons. The van der Waals surface area contributed by atoms with Gasteiger partial charge < -0.3 is 10.2 Å². The highest BCUT2D eigenvalue weighted by Crippen LogP contribution is 2.47. The lowest BCUT2D eigenvalue weighted by Crippen LogP contribution is -2.58. The van der Waals surface area contributed by atoms with Gasteiger partial charge in [-0.05, 0) is 59.4 Å². The standard InChI is InChI=1S/C29H26ClF2N5O/c1-2-29(17-31,24-8-4-7-23(25(24)32)27-35-36-28(34)38-27)21-15-37(16-21)26(19-9-11-22(30)12-10-19)20-6-3-5-18(13-20)14-33/h3-13,21,26H,2,15-17H2,1H3,(H2,34,36)/t26-,29-/m0/s1. The summed E-state index contributed by atoms with van der Waals surface area (Å²) in [6.45, 7) is 2.24. The second-order valence-electron chi connectivity index (χ2n) is 9.60. The molecule has 0 aliphatic carbocycles. The van der Waals surface area contributed by atoms with Crippen molar-refractivity contribution < 1.29 is 13.2 Å². The summed E-state index contributed by atoms with van der Waals surface area (Å²) in [5, 5.41) is 17.5. The van der Waals surface area contributed by atoms with E-state index in [0.29, 0.717) is 30.1 Å². The van der Waals surface area contributed by atoms with Gasteiger partial charge in [-0.3, -0.25) is 9.29 Å². The second kappa shape index (κ2) is 10.5. The monoisotopic (exact) mass is 533 g/mol. The largest absolute Gasteiger partial charge is 0.403 e. The number of nitrogens with zero attached hydrogens (tertiary/aromatic N) is 4. The van der Waals surface area contributed by atoms with Crippen LogP contribution in [0.3, 0.4) is 0 Å². The molecule has 9 heteroatoms. The van der Waals surface area contributed by atoms with Gasteiger partial charge in [0.2, 0.25) is 0 Å². The maximum atomic E-state index is 15.9. The molecule has 1 fully saturated rings. The molecule has 38 heavy (non-hydrogen) atoms. The number of benzene rings is 3. The minimum absolute atomic E-state index is 0.0406. The Morgan fingerprint density at radius 3 is 2.50 bits per heavy atom. The zero-order chi connectivity index (χ0) is 26.9. The Labute approximate surface area is 224 Å². The second-order valence-corrected chi connectivity index (χ2v) is 10.0. The average Bonchev–Trinajstić information content (AvgIpc) is 3.35. The quantitative estimate of drug-likeness (QED) is 0.285. The van der Waals surface area contributed by atoms with Gasteiger partial charge in [-0.15, -0.1) is 5.10 Å². The van der Waals surface area contributed by atoms with Crippen molar-refractivity contribution in [2.45, 2.75) is 24.8 Å². The summed E-state index contributed by atoms with van der Waals surface area (Å²) in [6.07, 6.45) is 0.407. The van der Waals surface area contributed by atoms with Crippen LogP contribution in [-0.4, -0.2) is 34.9 Å². The van der Waals surface area contributed by atoms with E-state index in [1.54, 1.807) is 18.2 Å². The third-order valence-electron chi connectivity index (χ3n) is 7.65. The molecule has 0 saturated carbocycles. The Bertz CT molecular complexity index is 1470. The van der Waals surface area contributed by atoms with Crippen LogP contribution in [0.1, 0.15) is 41.6 Å². The fourth-order valence-electron chi connectivity index (χ4n) is 5.51. The fourth-order valence-corrected chi connectivity index (χ4v) is 5.64. The molecule has 5 rings (SSSR count). The number of rotatable bonds is 8. The molecule has 194 valence electrons. The van der Waals surface area contributed by atoms with Crippen LogP contribution in [0.25, 0.3) is 11.5 Å². The molecule has 1 aliphatic heterocycles. The number of nitrogen functional groups attached to an aromatic ring is 1. The number of anilines is 1. The van der Waals surface area contributed by atoms with E-state index in [4.69, 9.17) is 21.8 Å². The van der Waals surface area contributed by atoms with E-state index in [-0.39, 0.29) is 35.0 Å². The van der Waals surface area contributed by atoms with Crippen LogP contribution in [-0.2, 0) is 5.41 Å². The van der Waals surface area contributed by atoms with Gasteiger partial charge in [-0.1, -0.05) is 60.0 Å². The first kappa shape index (κ1) is 25.8. The number of likely N-dealkylation sites (tertiary alicyclic amines) is 1. The smallest absolute Gasteiger partial charge is 0.313 e. The van der Waals surface area contributed by atoms with Gasteiger partial charge in [-0.2, -0.15) is 5.26 Å². The molecule has 4 aromatic rings. The van der Waals surface area contributed by atoms with Gasteiger partial charge in [0.15, 0.2) is 0 Å². The summed E-state index contributed by atoms with van der Waals surface area (Å²) in [5.41, 5.74) is 7.40. The average molecular weight is 534 g/mol. The van der Waals surface area contributed by atoms with Crippen molar-refractivity contribution in [2.24, 2.45) is 5.92 Å². The van der Waals surface area contributed by atoms with E-state index in [2.05, 4.69) is 21.2 Å².